The first-order valence-corrected chi connectivity index (χ1v) is 5.41. The number of rotatable bonds is 5. The minimum absolute atomic E-state index is 0.240. The van der Waals surface area contributed by atoms with Crippen molar-refractivity contribution in [2.24, 2.45) is 0 Å². The van der Waals surface area contributed by atoms with Crippen molar-refractivity contribution in [2.75, 3.05) is 25.1 Å². The molecule has 1 heterocycles. The summed E-state index contributed by atoms with van der Waals surface area (Å²) < 4.78 is 4.66. The Bertz CT molecular complexity index is 335. The normalized spacial score (nSPS) is 9.94. The maximum atomic E-state index is 11.2. The van der Waals surface area contributed by atoms with E-state index in [2.05, 4.69) is 16.6 Å². The van der Waals surface area contributed by atoms with E-state index in [0.717, 1.165) is 24.3 Å². The van der Waals surface area contributed by atoms with Crippen molar-refractivity contribution < 1.29 is 9.53 Å². The first-order valence-electron chi connectivity index (χ1n) is 5.41. The Morgan fingerprint density at radius 2 is 2.25 bits per heavy atom. The zero-order valence-electron chi connectivity index (χ0n) is 10.1. The number of ether oxygens (including phenoxy) is 1. The van der Waals surface area contributed by atoms with Crippen LogP contribution in [0.5, 0.6) is 0 Å². The van der Waals surface area contributed by atoms with Crippen LogP contribution in [0, 0.1) is 6.92 Å². The number of anilines is 1. The maximum absolute atomic E-state index is 11.2. The Morgan fingerprint density at radius 3 is 2.75 bits per heavy atom. The summed E-state index contributed by atoms with van der Waals surface area (Å²) in [5.74, 6) is 0.577. The van der Waals surface area contributed by atoms with Gasteiger partial charge in [0.25, 0.3) is 0 Å². The third-order valence-electron chi connectivity index (χ3n) is 2.26. The minimum atomic E-state index is -0.240. The molecule has 0 saturated heterocycles. The number of aryl methyl sites for hydroxylation is 1. The average Bonchev–Trinajstić information content (AvgIpc) is 2.29. The van der Waals surface area contributed by atoms with E-state index in [0.29, 0.717) is 0 Å². The van der Waals surface area contributed by atoms with Gasteiger partial charge in [-0.15, -0.1) is 0 Å². The minimum Gasteiger partial charge on any atom is -0.468 e. The first kappa shape index (κ1) is 12.5. The summed E-state index contributed by atoms with van der Waals surface area (Å²) >= 11 is 0. The molecule has 0 aliphatic heterocycles. The van der Waals surface area contributed by atoms with Crippen LogP contribution >= 0.6 is 0 Å². The van der Waals surface area contributed by atoms with Crippen LogP contribution in [0.4, 0.5) is 5.82 Å². The summed E-state index contributed by atoms with van der Waals surface area (Å²) in [6.45, 7) is 5.10. The largest absolute Gasteiger partial charge is 0.468 e. The third-order valence-corrected chi connectivity index (χ3v) is 2.26. The Kier molecular flexibility index (Phi) is 4.76. The van der Waals surface area contributed by atoms with E-state index < -0.39 is 0 Å². The lowest BCUT2D eigenvalue weighted by Crippen LogP contribution is -2.31. The molecule has 0 aromatic carbocycles. The molecular formula is C12H18N2O2. The van der Waals surface area contributed by atoms with Gasteiger partial charge in [-0.05, 0) is 25.0 Å². The van der Waals surface area contributed by atoms with Crippen molar-refractivity contribution in [3.8, 4) is 0 Å². The lowest BCUT2D eigenvalue weighted by molar-refractivity contribution is -0.138. The topological polar surface area (TPSA) is 42.4 Å². The Labute approximate surface area is 96.2 Å². The van der Waals surface area contributed by atoms with E-state index in [-0.39, 0.29) is 12.5 Å². The lowest BCUT2D eigenvalue weighted by Gasteiger charge is -2.21. The molecule has 0 N–H and O–H groups in total. The number of pyridine rings is 1. The van der Waals surface area contributed by atoms with E-state index in [4.69, 9.17) is 0 Å². The molecule has 0 bridgehead atoms. The SMILES string of the molecule is CCCN(CC(=O)OC)c1ccc(C)cn1. The average molecular weight is 222 g/mol. The molecule has 0 fully saturated rings. The molecule has 0 aliphatic rings. The highest BCUT2D eigenvalue weighted by atomic mass is 16.5. The van der Waals surface area contributed by atoms with Gasteiger partial charge in [0, 0.05) is 12.7 Å². The lowest BCUT2D eigenvalue weighted by atomic mass is 10.3. The molecule has 0 radical (unpaired) electrons. The van der Waals surface area contributed by atoms with Gasteiger partial charge in [-0.25, -0.2) is 4.98 Å². The van der Waals surface area contributed by atoms with Gasteiger partial charge in [0.15, 0.2) is 0 Å². The molecule has 1 rings (SSSR count). The second-order valence-corrected chi connectivity index (χ2v) is 3.69. The van der Waals surface area contributed by atoms with Gasteiger partial charge in [-0.3, -0.25) is 4.79 Å². The first-order chi connectivity index (χ1) is 7.67. The van der Waals surface area contributed by atoms with Crippen molar-refractivity contribution in [2.45, 2.75) is 20.3 Å². The van der Waals surface area contributed by atoms with Crippen LogP contribution < -0.4 is 4.90 Å². The summed E-state index contributed by atoms with van der Waals surface area (Å²) in [5, 5.41) is 0. The maximum Gasteiger partial charge on any atom is 0.325 e. The van der Waals surface area contributed by atoms with Crippen LogP contribution in [0.3, 0.4) is 0 Å². The van der Waals surface area contributed by atoms with Gasteiger partial charge in [0.1, 0.15) is 12.4 Å². The van der Waals surface area contributed by atoms with E-state index >= 15 is 0 Å². The standard InChI is InChI=1S/C12H18N2O2/c1-4-7-14(9-12(15)16-3)11-6-5-10(2)8-13-11/h5-6,8H,4,7,9H2,1-3H3. The smallest absolute Gasteiger partial charge is 0.325 e. The highest BCUT2D eigenvalue weighted by molar-refractivity contribution is 5.75. The summed E-state index contributed by atoms with van der Waals surface area (Å²) in [6.07, 6.45) is 2.77. The summed E-state index contributed by atoms with van der Waals surface area (Å²) in [6, 6.07) is 3.91. The predicted molar refractivity (Wildman–Crippen MR) is 63.5 cm³/mol. The van der Waals surface area contributed by atoms with Gasteiger partial charge in [0.05, 0.1) is 7.11 Å². The summed E-state index contributed by atoms with van der Waals surface area (Å²) in [4.78, 5) is 17.5. The highest BCUT2D eigenvalue weighted by Gasteiger charge is 2.11. The molecule has 1 aromatic heterocycles. The van der Waals surface area contributed by atoms with Crippen LogP contribution in [-0.4, -0.2) is 31.2 Å². The Hall–Kier alpha value is -1.58. The third kappa shape index (κ3) is 3.53. The van der Waals surface area contributed by atoms with Crippen molar-refractivity contribution >= 4 is 11.8 Å². The number of carbonyl (C=O) groups excluding carboxylic acids is 1. The fraction of sp³-hybridized carbons (Fsp3) is 0.500. The van der Waals surface area contributed by atoms with E-state index in [9.17, 15) is 4.79 Å². The van der Waals surface area contributed by atoms with Crippen molar-refractivity contribution in [3.63, 3.8) is 0 Å². The second kappa shape index (κ2) is 6.10. The molecule has 0 atom stereocenters. The van der Waals surface area contributed by atoms with Crippen molar-refractivity contribution in [3.05, 3.63) is 23.9 Å². The molecule has 4 heteroatoms. The molecule has 0 amide bonds. The van der Waals surface area contributed by atoms with E-state index in [1.807, 2.05) is 24.0 Å². The van der Waals surface area contributed by atoms with Gasteiger partial charge in [-0.1, -0.05) is 13.0 Å². The molecule has 0 spiro atoms. The number of hydrogen-bond donors (Lipinski definition) is 0. The molecule has 1 aromatic rings. The molecule has 0 saturated carbocycles. The molecule has 4 nitrogen and oxygen atoms in total. The number of aromatic nitrogens is 1. The quantitative estimate of drug-likeness (QED) is 0.712. The van der Waals surface area contributed by atoms with E-state index in [1.165, 1.54) is 7.11 Å². The highest BCUT2D eigenvalue weighted by Crippen LogP contribution is 2.11. The van der Waals surface area contributed by atoms with Crippen molar-refractivity contribution in [1.82, 2.24) is 4.98 Å². The zero-order chi connectivity index (χ0) is 12.0. The van der Waals surface area contributed by atoms with Gasteiger partial charge in [-0.2, -0.15) is 0 Å². The number of hydrogen-bond acceptors (Lipinski definition) is 4. The van der Waals surface area contributed by atoms with Crippen LogP contribution in [0.15, 0.2) is 18.3 Å². The predicted octanol–water partition coefficient (Wildman–Crippen LogP) is 1.78. The fourth-order valence-electron chi connectivity index (χ4n) is 1.41. The van der Waals surface area contributed by atoms with Gasteiger partial charge < -0.3 is 9.64 Å². The van der Waals surface area contributed by atoms with Crippen LogP contribution in [0.2, 0.25) is 0 Å². The molecule has 88 valence electrons. The zero-order valence-corrected chi connectivity index (χ0v) is 10.1. The number of esters is 1. The van der Waals surface area contributed by atoms with Gasteiger partial charge in [0.2, 0.25) is 0 Å². The Balaban J connectivity index is 2.76. The summed E-state index contributed by atoms with van der Waals surface area (Å²) in [5.41, 5.74) is 1.11. The summed E-state index contributed by atoms with van der Waals surface area (Å²) in [7, 11) is 1.40. The van der Waals surface area contributed by atoms with Crippen LogP contribution in [0.1, 0.15) is 18.9 Å². The Morgan fingerprint density at radius 1 is 1.50 bits per heavy atom. The number of methoxy groups -OCH3 is 1. The van der Waals surface area contributed by atoms with Crippen molar-refractivity contribution in [1.29, 1.82) is 0 Å². The van der Waals surface area contributed by atoms with E-state index in [1.54, 1.807) is 6.20 Å². The molecule has 0 aliphatic carbocycles. The van der Waals surface area contributed by atoms with Gasteiger partial charge >= 0.3 is 5.97 Å². The molecule has 16 heavy (non-hydrogen) atoms. The van der Waals surface area contributed by atoms with Crippen LogP contribution in [-0.2, 0) is 9.53 Å². The number of carbonyl (C=O) groups is 1. The van der Waals surface area contributed by atoms with Crippen LogP contribution in [0.25, 0.3) is 0 Å². The monoisotopic (exact) mass is 222 g/mol. The number of nitrogens with zero attached hydrogens (tertiary/aromatic N) is 2. The molecule has 0 unspecified atom stereocenters. The fourth-order valence-corrected chi connectivity index (χ4v) is 1.41. The second-order valence-electron chi connectivity index (χ2n) is 3.69. The molecular weight excluding hydrogens is 204 g/mol.